The van der Waals surface area contributed by atoms with E-state index in [1.807, 2.05) is 12.1 Å². The summed E-state index contributed by atoms with van der Waals surface area (Å²) in [6.45, 7) is 3.12. The quantitative estimate of drug-likeness (QED) is 0.613. The minimum absolute atomic E-state index is 0.299. The van der Waals surface area contributed by atoms with Crippen LogP contribution in [-0.2, 0) is 4.79 Å². The first-order valence-electron chi connectivity index (χ1n) is 4.66. The Bertz CT molecular complexity index is 183. The highest BCUT2D eigenvalue weighted by Gasteiger charge is 2.34. The molecule has 3 nitrogen and oxygen atoms in total. The summed E-state index contributed by atoms with van der Waals surface area (Å²) in [5.74, 6) is 0.636. The molecule has 0 aromatic heterocycles. The van der Waals surface area contributed by atoms with Crippen molar-refractivity contribution >= 4 is 5.91 Å². The molecular weight excluding hydrogens is 152 g/mol. The average molecular weight is 167 g/mol. The lowest BCUT2D eigenvalue weighted by Gasteiger charge is -2.27. The maximum absolute atomic E-state index is 11.6. The number of carbonyl (C=O) groups excluding carboxylic acids is 1. The van der Waals surface area contributed by atoms with E-state index in [0.717, 1.165) is 25.8 Å². The third-order valence-electron chi connectivity index (χ3n) is 2.56. The summed E-state index contributed by atoms with van der Waals surface area (Å²) in [4.78, 5) is 11.6. The molecule has 2 rings (SSSR count). The molecule has 67 valence electrons. The number of amides is 1. The van der Waals surface area contributed by atoms with Crippen molar-refractivity contribution < 1.29 is 4.79 Å². The minimum atomic E-state index is 0.299. The van der Waals surface area contributed by atoms with Crippen molar-refractivity contribution in [1.82, 2.24) is 10.0 Å². The molecule has 2 aliphatic rings. The second-order valence-electron chi connectivity index (χ2n) is 3.62. The second kappa shape index (κ2) is 3.05. The third kappa shape index (κ3) is 1.46. The average Bonchev–Trinajstić information content (AvgIpc) is 2.79. The summed E-state index contributed by atoms with van der Waals surface area (Å²) >= 11 is 0. The van der Waals surface area contributed by atoms with Gasteiger partial charge >= 0.3 is 0 Å². The first-order chi connectivity index (χ1) is 5.79. The molecule has 1 radical (unpaired) electrons. The Kier molecular flexibility index (Phi) is 2.05. The Labute approximate surface area is 73.3 Å². The van der Waals surface area contributed by atoms with Crippen LogP contribution in [0.1, 0.15) is 25.7 Å². The maximum Gasteiger partial charge on any atom is 0.239 e. The zero-order valence-corrected chi connectivity index (χ0v) is 7.49. The monoisotopic (exact) mass is 167 g/mol. The van der Waals surface area contributed by atoms with Crippen molar-refractivity contribution in [1.29, 1.82) is 0 Å². The lowest BCUT2D eigenvalue weighted by molar-refractivity contribution is -0.143. The second-order valence-corrected chi connectivity index (χ2v) is 3.62. The topological polar surface area (TPSA) is 23.6 Å². The molecule has 0 unspecified atom stereocenters. The summed E-state index contributed by atoms with van der Waals surface area (Å²) in [5, 5.41) is 3.82. The van der Waals surface area contributed by atoms with Crippen molar-refractivity contribution in [2.45, 2.75) is 25.7 Å². The van der Waals surface area contributed by atoms with Crippen LogP contribution in [0.2, 0.25) is 0 Å². The van der Waals surface area contributed by atoms with E-state index in [9.17, 15) is 4.79 Å². The Morgan fingerprint density at radius 2 is 2.33 bits per heavy atom. The summed E-state index contributed by atoms with van der Waals surface area (Å²) in [6.07, 6.45) is 4.48. The van der Waals surface area contributed by atoms with Crippen molar-refractivity contribution in [3.8, 4) is 0 Å². The number of nitrogens with zero attached hydrogens (tertiary/aromatic N) is 2. The fraction of sp³-hybridized carbons (Fsp3) is 0.778. The molecular formula is C9H15N2O. The molecule has 1 aliphatic heterocycles. The van der Waals surface area contributed by atoms with Crippen LogP contribution in [0, 0.1) is 12.5 Å². The fourth-order valence-electron chi connectivity index (χ4n) is 1.58. The van der Waals surface area contributed by atoms with Gasteiger partial charge in [0, 0.05) is 26.1 Å². The van der Waals surface area contributed by atoms with Gasteiger partial charge in [-0.15, -0.1) is 0 Å². The molecule has 1 aliphatic carbocycles. The number of hydrazine groups is 1. The van der Waals surface area contributed by atoms with Crippen molar-refractivity contribution in [3.63, 3.8) is 0 Å². The molecule has 0 spiro atoms. The van der Waals surface area contributed by atoms with E-state index in [-0.39, 0.29) is 0 Å². The van der Waals surface area contributed by atoms with Crippen LogP contribution >= 0.6 is 0 Å². The minimum Gasteiger partial charge on any atom is -0.278 e. The highest BCUT2D eigenvalue weighted by Crippen LogP contribution is 2.31. The molecule has 0 aromatic rings. The lowest BCUT2D eigenvalue weighted by atomic mass is 10.4. The molecule has 0 N–H and O–H groups in total. The van der Waals surface area contributed by atoms with Gasteiger partial charge < -0.3 is 0 Å². The van der Waals surface area contributed by atoms with Crippen LogP contribution in [0.4, 0.5) is 0 Å². The maximum atomic E-state index is 11.6. The zero-order valence-electron chi connectivity index (χ0n) is 7.49. The highest BCUT2D eigenvalue weighted by atomic mass is 16.2. The van der Waals surface area contributed by atoms with Crippen LogP contribution in [0.25, 0.3) is 0 Å². The predicted molar refractivity (Wildman–Crippen MR) is 45.7 cm³/mol. The molecule has 0 bridgehead atoms. The van der Waals surface area contributed by atoms with Gasteiger partial charge in [-0.2, -0.15) is 0 Å². The van der Waals surface area contributed by atoms with Crippen LogP contribution in [0.15, 0.2) is 0 Å². The van der Waals surface area contributed by atoms with E-state index in [0.29, 0.717) is 11.8 Å². The number of carbonyl (C=O) groups is 1. The van der Waals surface area contributed by atoms with E-state index in [4.69, 9.17) is 0 Å². The van der Waals surface area contributed by atoms with Crippen LogP contribution in [0.5, 0.6) is 0 Å². The summed E-state index contributed by atoms with van der Waals surface area (Å²) in [6, 6.07) is 0. The third-order valence-corrected chi connectivity index (χ3v) is 2.56. The Balaban J connectivity index is 1.88. The molecule has 1 saturated carbocycles. The Hall–Kier alpha value is -0.570. The highest BCUT2D eigenvalue weighted by molar-refractivity contribution is 5.80. The molecule has 1 saturated heterocycles. The van der Waals surface area contributed by atoms with Gasteiger partial charge in [-0.05, 0) is 25.7 Å². The zero-order chi connectivity index (χ0) is 8.55. The predicted octanol–water partition coefficient (Wildman–Crippen LogP) is 1.03. The number of hydrogen-bond acceptors (Lipinski definition) is 2. The van der Waals surface area contributed by atoms with Gasteiger partial charge in [-0.25, -0.2) is 5.01 Å². The number of hydrogen-bond donors (Lipinski definition) is 0. The molecule has 1 amide bonds. The van der Waals surface area contributed by atoms with Crippen LogP contribution in [0.3, 0.4) is 0 Å². The molecule has 2 fully saturated rings. The van der Waals surface area contributed by atoms with Crippen LogP contribution in [-0.4, -0.2) is 29.5 Å². The Morgan fingerprint density at radius 1 is 1.58 bits per heavy atom. The van der Waals surface area contributed by atoms with Gasteiger partial charge in [-0.3, -0.25) is 9.80 Å². The summed E-state index contributed by atoms with van der Waals surface area (Å²) < 4.78 is 0. The van der Waals surface area contributed by atoms with Gasteiger partial charge in [0.05, 0.1) is 0 Å². The molecule has 0 aromatic carbocycles. The van der Waals surface area contributed by atoms with E-state index < -0.39 is 0 Å². The molecule has 0 atom stereocenters. The smallest absolute Gasteiger partial charge is 0.239 e. The Morgan fingerprint density at radius 3 is 2.83 bits per heavy atom. The van der Waals surface area contributed by atoms with E-state index in [1.54, 1.807) is 5.01 Å². The SMILES string of the molecule is CN(C(=O)C1CC1)N1[CH]CCC1. The van der Waals surface area contributed by atoms with Crippen molar-refractivity contribution in [2.75, 3.05) is 13.6 Å². The van der Waals surface area contributed by atoms with Gasteiger partial charge in [0.15, 0.2) is 0 Å². The normalized spacial score (nSPS) is 24.4. The van der Waals surface area contributed by atoms with Gasteiger partial charge in [-0.1, -0.05) is 0 Å². The standard InChI is InChI=1S/C9H15N2O/c1-10(9(12)8-4-5-8)11-6-2-3-7-11/h6,8H,2-5,7H2,1H3. The summed E-state index contributed by atoms with van der Waals surface area (Å²) in [5.41, 5.74) is 0. The van der Waals surface area contributed by atoms with Gasteiger partial charge in [0.2, 0.25) is 5.91 Å². The van der Waals surface area contributed by atoms with Gasteiger partial charge in [0.25, 0.3) is 0 Å². The van der Waals surface area contributed by atoms with Crippen molar-refractivity contribution in [3.05, 3.63) is 6.54 Å². The van der Waals surface area contributed by atoms with E-state index >= 15 is 0 Å². The lowest BCUT2D eigenvalue weighted by Crippen LogP contribution is -2.40. The fourth-order valence-corrected chi connectivity index (χ4v) is 1.58. The van der Waals surface area contributed by atoms with Crippen molar-refractivity contribution in [2.24, 2.45) is 5.92 Å². The van der Waals surface area contributed by atoms with Crippen LogP contribution < -0.4 is 0 Å². The molecule has 1 heterocycles. The van der Waals surface area contributed by atoms with Gasteiger partial charge in [0.1, 0.15) is 0 Å². The first kappa shape index (κ1) is 8.05. The number of rotatable bonds is 2. The van der Waals surface area contributed by atoms with E-state index in [2.05, 4.69) is 6.54 Å². The molecule has 12 heavy (non-hydrogen) atoms. The van der Waals surface area contributed by atoms with E-state index in [1.165, 1.54) is 6.42 Å². The molecule has 3 heteroatoms. The first-order valence-corrected chi connectivity index (χ1v) is 4.66. The largest absolute Gasteiger partial charge is 0.278 e. The summed E-state index contributed by atoms with van der Waals surface area (Å²) in [7, 11) is 1.88.